The van der Waals surface area contributed by atoms with E-state index in [0.717, 1.165) is 5.69 Å². The Morgan fingerprint density at radius 1 is 1.56 bits per heavy atom. The number of anilines is 1. The first-order valence-corrected chi connectivity index (χ1v) is 5.87. The van der Waals surface area contributed by atoms with Gasteiger partial charge in [0.2, 0.25) is 5.88 Å². The monoisotopic (exact) mass is 252 g/mol. The first-order valence-electron chi connectivity index (χ1n) is 5.87. The van der Waals surface area contributed by atoms with Gasteiger partial charge in [-0.1, -0.05) is 5.16 Å². The molecule has 0 aromatic carbocycles. The van der Waals surface area contributed by atoms with E-state index in [1.165, 1.54) is 0 Å². The number of nitrogens with two attached hydrogens (primary N) is 1. The average Bonchev–Trinajstić information content (AvgIpc) is 2.30. The zero-order chi connectivity index (χ0) is 13.5. The molecule has 6 heteroatoms. The van der Waals surface area contributed by atoms with Crippen molar-refractivity contribution in [2.24, 2.45) is 10.9 Å². The Kier molecular flexibility index (Phi) is 5.23. The van der Waals surface area contributed by atoms with Crippen molar-refractivity contribution in [2.45, 2.75) is 39.3 Å². The maximum absolute atomic E-state index is 8.52. The van der Waals surface area contributed by atoms with Gasteiger partial charge in [0.1, 0.15) is 5.84 Å². The summed E-state index contributed by atoms with van der Waals surface area (Å²) in [6, 6.07) is 3.72. The van der Waals surface area contributed by atoms with Crippen LogP contribution in [0.3, 0.4) is 0 Å². The van der Waals surface area contributed by atoms with Crippen molar-refractivity contribution in [2.75, 3.05) is 5.32 Å². The predicted octanol–water partition coefficient (Wildman–Crippen LogP) is 1.81. The molecule has 0 amide bonds. The van der Waals surface area contributed by atoms with E-state index in [4.69, 9.17) is 15.7 Å². The molecule has 1 unspecified atom stereocenters. The van der Waals surface area contributed by atoms with E-state index in [2.05, 4.69) is 15.5 Å². The van der Waals surface area contributed by atoms with Gasteiger partial charge in [0.05, 0.1) is 11.8 Å². The molecule has 1 aromatic heterocycles. The Morgan fingerprint density at radius 3 is 2.89 bits per heavy atom. The topological polar surface area (TPSA) is 92.8 Å². The van der Waals surface area contributed by atoms with E-state index in [0.29, 0.717) is 12.3 Å². The number of oxime groups is 1. The lowest BCUT2D eigenvalue weighted by atomic mass is 10.2. The maximum Gasteiger partial charge on any atom is 0.237 e. The minimum atomic E-state index is 0.0135. The van der Waals surface area contributed by atoms with Gasteiger partial charge in [0.25, 0.3) is 0 Å². The van der Waals surface area contributed by atoms with Gasteiger partial charge in [0, 0.05) is 18.7 Å². The fourth-order valence-corrected chi connectivity index (χ4v) is 1.49. The molecule has 0 fully saturated rings. The van der Waals surface area contributed by atoms with Gasteiger partial charge in [-0.05, 0) is 32.9 Å². The van der Waals surface area contributed by atoms with E-state index >= 15 is 0 Å². The first kappa shape index (κ1) is 14.1. The highest BCUT2D eigenvalue weighted by Gasteiger charge is 2.10. The van der Waals surface area contributed by atoms with Gasteiger partial charge in [-0.3, -0.25) is 0 Å². The Labute approximate surface area is 107 Å². The number of ether oxygens (including phenoxy) is 1. The molecule has 6 nitrogen and oxygen atoms in total. The third-order valence-electron chi connectivity index (χ3n) is 2.16. The molecule has 0 saturated carbocycles. The molecule has 1 rings (SSSR count). The number of hydrogen-bond donors (Lipinski definition) is 3. The highest BCUT2D eigenvalue weighted by Crippen LogP contribution is 2.22. The Morgan fingerprint density at radius 2 is 2.28 bits per heavy atom. The van der Waals surface area contributed by atoms with Crippen LogP contribution in [0.2, 0.25) is 0 Å². The van der Waals surface area contributed by atoms with Crippen molar-refractivity contribution in [3.63, 3.8) is 0 Å². The van der Waals surface area contributed by atoms with Crippen LogP contribution in [0.1, 0.15) is 27.2 Å². The number of nitrogens with one attached hydrogen (secondary N) is 1. The van der Waals surface area contributed by atoms with Gasteiger partial charge in [-0.15, -0.1) is 0 Å². The van der Waals surface area contributed by atoms with Crippen LogP contribution in [0.5, 0.6) is 5.88 Å². The van der Waals surface area contributed by atoms with Gasteiger partial charge in [0.15, 0.2) is 0 Å². The van der Waals surface area contributed by atoms with Crippen LogP contribution in [0.25, 0.3) is 0 Å². The number of nitrogens with zero attached hydrogens (tertiary/aromatic N) is 2. The molecule has 1 aromatic rings. The fraction of sp³-hybridized carbons (Fsp3) is 0.500. The maximum atomic E-state index is 8.52. The zero-order valence-corrected chi connectivity index (χ0v) is 10.9. The molecule has 0 saturated heterocycles. The van der Waals surface area contributed by atoms with Crippen LogP contribution in [-0.2, 0) is 0 Å². The molecule has 0 aliphatic rings. The van der Waals surface area contributed by atoms with E-state index in [-0.39, 0.29) is 18.0 Å². The van der Waals surface area contributed by atoms with Gasteiger partial charge < -0.3 is 21.0 Å². The molecule has 0 spiro atoms. The second-order valence-corrected chi connectivity index (χ2v) is 4.36. The highest BCUT2D eigenvalue weighted by atomic mass is 16.5. The Bertz CT molecular complexity index is 407. The van der Waals surface area contributed by atoms with Crippen LogP contribution in [0.15, 0.2) is 23.5 Å². The van der Waals surface area contributed by atoms with Crippen molar-refractivity contribution in [3.8, 4) is 5.88 Å². The number of pyridine rings is 1. The minimum absolute atomic E-state index is 0.0135. The third kappa shape index (κ3) is 4.48. The number of amidine groups is 1. The summed E-state index contributed by atoms with van der Waals surface area (Å²) < 4.78 is 5.59. The van der Waals surface area contributed by atoms with Crippen LogP contribution >= 0.6 is 0 Å². The predicted molar refractivity (Wildman–Crippen MR) is 71.1 cm³/mol. The fourth-order valence-electron chi connectivity index (χ4n) is 1.49. The molecule has 4 N–H and O–H groups in total. The van der Waals surface area contributed by atoms with Crippen molar-refractivity contribution < 1.29 is 9.94 Å². The van der Waals surface area contributed by atoms with Gasteiger partial charge in [-0.25, -0.2) is 4.98 Å². The number of hydrogen-bond acceptors (Lipinski definition) is 5. The van der Waals surface area contributed by atoms with E-state index in [1.54, 1.807) is 6.20 Å². The summed E-state index contributed by atoms with van der Waals surface area (Å²) in [5.41, 5.74) is 6.26. The van der Waals surface area contributed by atoms with Crippen LogP contribution in [0.4, 0.5) is 5.69 Å². The third-order valence-corrected chi connectivity index (χ3v) is 2.16. The largest absolute Gasteiger partial charge is 0.473 e. The summed E-state index contributed by atoms with van der Waals surface area (Å²) in [5, 5.41) is 14.7. The molecule has 1 atom stereocenters. The molecule has 18 heavy (non-hydrogen) atoms. The average molecular weight is 252 g/mol. The highest BCUT2D eigenvalue weighted by molar-refractivity contribution is 5.80. The van der Waals surface area contributed by atoms with Crippen molar-refractivity contribution in [1.82, 2.24) is 4.98 Å². The van der Waals surface area contributed by atoms with E-state index in [1.807, 2.05) is 32.9 Å². The smallest absolute Gasteiger partial charge is 0.237 e. The lowest BCUT2D eigenvalue weighted by Gasteiger charge is -2.18. The van der Waals surface area contributed by atoms with Crippen LogP contribution < -0.4 is 15.8 Å². The number of aromatic nitrogens is 1. The second kappa shape index (κ2) is 6.68. The van der Waals surface area contributed by atoms with Crippen LogP contribution in [-0.4, -0.2) is 28.2 Å². The quantitative estimate of drug-likeness (QED) is 0.311. The van der Waals surface area contributed by atoms with Gasteiger partial charge >= 0.3 is 0 Å². The summed E-state index contributed by atoms with van der Waals surface area (Å²) >= 11 is 0. The number of rotatable bonds is 6. The van der Waals surface area contributed by atoms with E-state index in [9.17, 15) is 0 Å². The molecule has 0 aliphatic heterocycles. The Hall–Kier alpha value is -1.98. The molecule has 0 radical (unpaired) electrons. The lowest BCUT2D eigenvalue weighted by molar-refractivity contribution is 0.234. The standard InChI is InChI=1S/C12H20N4O2/c1-8(2)18-12-10(5-4-6-14-12)15-9(3)7-11(13)16-17/h4-6,8-9,15,17H,7H2,1-3H3,(H2,13,16). The molecule has 1 heterocycles. The van der Waals surface area contributed by atoms with Crippen molar-refractivity contribution >= 4 is 11.5 Å². The summed E-state index contributed by atoms with van der Waals surface area (Å²) in [6.45, 7) is 5.82. The van der Waals surface area contributed by atoms with Crippen molar-refractivity contribution in [3.05, 3.63) is 18.3 Å². The molecule has 0 aliphatic carbocycles. The normalized spacial score (nSPS) is 13.4. The molecule has 0 bridgehead atoms. The van der Waals surface area contributed by atoms with Crippen LogP contribution in [0, 0.1) is 0 Å². The van der Waals surface area contributed by atoms with Crippen molar-refractivity contribution in [1.29, 1.82) is 0 Å². The molecular weight excluding hydrogens is 232 g/mol. The first-order chi connectivity index (χ1) is 8.52. The lowest BCUT2D eigenvalue weighted by Crippen LogP contribution is -2.25. The zero-order valence-electron chi connectivity index (χ0n) is 10.9. The minimum Gasteiger partial charge on any atom is -0.473 e. The molecule has 100 valence electrons. The summed E-state index contributed by atoms with van der Waals surface area (Å²) in [6.07, 6.45) is 2.17. The Balaban J connectivity index is 2.71. The van der Waals surface area contributed by atoms with E-state index < -0.39 is 0 Å². The molecular formula is C12H20N4O2. The summed E-state index contributed by atoms with van der Waals surface area (Å²) in [7, 11) is 0. The SMILES string of the molecule is CC(CC(N)=NO)Nc1cccnc1OC(C)C. The summed E-state index contributed by atoms with van der Waals surface area (Å²) in [5.74, 6) is 0.740. The van der Waals surface area contributed by atoms with Gasteiger partial charge in [-0.2, -0.15) is 0 Å². The summed E-state index contributed by atoms with van der Waals surface area (Å²) in [4.78, 5) is 4.18. The second-order valence-electron chi connectivity index (χ2n) is 4.36.